The first-order valence-corrected chi connectivity index (χ1v) is 10.7. The lowest BCUT2D eigenvalue weighted by atomic mass is 10.2. The van der Waals surface area contributed by atoms with Crippen LogP contribution in [0.15, 0.2) is 54.6 Å². The van der Waals surface area contributed by atoms with Gasteiger partial charge in [0.1, 0.15) is 5.75 Å². The quantitative estimate of drug-likeness (QED) is 0.549. The Morgan fingerprint density at radius 3 is 2.52 bits per heavy atom. The van der Waals surface area contributed by atoms with Gasteiger partial charge in [0.05, 0.1) is 11.6 Å². The normalized spacial score (nSPS) is 15.0. The van der Waals surface area contributed by atoms with Crippen LogP contribution in [0.1, 0.15) is 18.4 Å². The molecule has 1 fully saturated rings. The maximum atomic E-state index is 12.4. The number of piperazine rings is 1. The average Bonchev–Trinajstić information content (AvgIpc) is 2.73. The summed E-state index contributed by atoms with van der Waals surface area (Å²) in [5.74, 6) is 0.788. The van der Waals surface area contributed by atoms with Crippen LogP contribution < -0.4 is 4.74 Å². The number of nitrogens with zero attached hydrogens (tertiary/aromatic N) is 2. The molecule has 0 atom stereocenters. The fourth-order valence-corrected chi connectivity index (χ4v) is 3.70. The number of carbonyl (C=O) groups excluding carboxylic acids is 1. The second-order valence-corrected chi connectivity index (χ2v) is 7.86. The van der Waals surface area contributed by atoms with Crippen LogP contribution in [0.3, 0.4) is 0 Å². The van der Waals surface area contributed by atoms with E-state index >= 15 is 0 Å². The van der Waals surface area contributed by atoms with E-state index in [1.165, 1.54) is 5.56 Å². The standard InChI is InChI=1S/C23H26Cl2N2O2/c24-20-10-11-22(21(25)18-20)29-17-5-9-23(28)27-15-13-26(14-16-27)12-4-8-19-6-2-1-3-7-19/h1-4,6-8,10-11,18H,5,9,12-17H2. The molecular weight excluding hydrogens is 407 g/mol. The molecule has 1 amide bonds. The monoisotopic (exact) mass is 432 g/mol. The third-order valence-electron chi connectivity index (χ3n) is 4.88. The van der Waals surface area contributed by atoms with Gasteiger partial charge in [-0.25, -0.2) is 0 Å². The van der Waals surface area contributed by atoms with Gasteiger partial charge in [-0.15, -0.1) is 0 Å². The third kappa shape index (κ3) is 7.07. The highest BCUT2D eigenvalue weighted by atomic mass is 35.5. The molecule has 0 aromatic heterocycles. The highest BCUT2D eigenvalue weighted by Crippen LogP contribution is 2.27. The van der Waals surface area contributed by atoms with Gasteiger partial charge >= 0.3 is 0 Å². The minimum Gasteiger partial charge on any atom is -0.492 e. The number of carbonyl (C=O) groups is 1. The molecule has 0 radical (unpaired) electrons. The van der Waals surface area contributed by atoms with E-state index in [1.54, 1.807) is 18.2 Å². The Labute approximate surface area is 182 Å². The second kappa shape index (κ2) is 11.2. The van der Waals surface area contributed by atoms with Crippen LogP contribution in [0.4, 0.5) is 0 Å². The van der Waals surface area contributed by atoms with Gasteiger partial charge in [-0.2, -0.15) is 0 Å². The minimum absolute atomic E-state index is 0.190. The Balaban J connectivity index is 1.32. The number of amides is 1. The van der Waals surface area contributed by atoms with Crippen molar-refractivity contribution < 1.29 is 9.53 Å². The molecule has 6 heteroatoms. The van der Waals surface area contributed by atoms with Crippen LogP contribution >= 0.6 is 23.2 Å². The average molecular weight is 433 g/mol. The van der Waals surface area contributed by atoms with Crippen LogP contribution in [0.25, 0.3) is 6.08 Å². The molecule has 3 rings (SSSR count). The fourth-order valence-electron chi connectivity index (χ4n) is 3.24. The van der Waals surface area contributed by atoms with E-state index in [1.807, 2.05) is 23.1 Å². The molecule has 1 aliphatic rings. The van der Waals surface area contributed by atoms with Gasteiger partial charge in [-0.3, -0.25) is 9.69 Å². The fraction of sp³-hybridized carbons (Fsp3) is 0.348. The van der Waals surface area contributed by atoms with Crippen LogP contribution in [-0.2, 0) is 4.79 Å². The lowest BCUT2D eigenvalue weighted by Crippen LogP contribution is -2.48. The molecule has 2 aromatic rings. The third-order valence-corrected chi connectivity index (χ3v) is 5.42. The zero-order chi connectivity index (χ0) is 20.5. The van der Waals surface area contributed by atoms with E-state index in [9.17, 15) is 4.79 Å². The van der Waals surface area contributed by atoms with E-state index in [0.717, 1.165) is 32.7 Å². The van der Waals surface area contributed by atoms with E-state index in [0.29, 0.717) is 35.2 Å². The molecule has 4 nitrogen and oxygen atoms in total. The summed E-state index contributed by atoms with van der Waals surface area (Å²) in [6.07, 6.45) is 5.48. The van der Waals surface area contributed by atoms with Crippen LogP contribution in [0.5, 0.6) is 5.75 Å². The van der Waals surface area contributed by atoms with Gasteiger partial charge in [-0.05, 0) is 30.2 Å². The predicted octanol–water partition coefficient (Wildman–Crippen LogP) is 5.01. The first kappa shape index (κ1) is 21.7. The molecule has 0 N–H and O–H groups in total. The molecule has 0 unspecified atom stereocenters. The van der Waals surface area contributed by atoms with Crippen molar-refractivity contribution in [1.82, 2.24) is 9.80 Å². The Kier molecular flexibility index (Phi) is 8.41. The zero-order valence-electron chi connectivity index (χ0n) is 16.4. The molecule has 0 spiro atoms. The summed E-state index contributed by atoms with van der Waals surface area (Å²) in [4.78, 5) is 16.7. The highest BCUT2D eigenvalue weighted by molar-refractivity contribution is 6.35. The highest BCUT2D eigenvalue weighted by Gasteiger charge is 2.20. The number of benzene rings is 2. The molecule has 2 aromatic carbocycles. The molecule has 1 saturated heterocycles. The molecule has 1 heterocycles. The van der Waals surface area contributed by atoms with Gasteiger partial charge in [0.15, 0.2) is 0 Å². The summed E-state index contributed by atoms with van der Waals surface area (Å²) in [7, 11) is 0. The smallest absolute Gasteiger partial charge is 0.222 e. The van der Waals surface area contributed by atoms with Crippen LogP contribution in [0.2, 0.25) is 10.0 Å². The molecule has 0 saturated carbocycles. The van der Waals surface area contributed by atoms with Crippen molar-refractivity contribution in [1.29, 1.82) is 0 Å². The van der Waals surface area contributed by atoms with Gasteiger partial charge in [0, 0.05) is 44.2 Å². The Morgan fingerprint density at radius 1 is 1.03 bits per heavy atom. The second-order valence-electron chi connectivity index (χ2n) is 7.02. The van der Waals surface area contributed by atoms with Crippen molar-refractivity contribution in [3.63, 3.8) is 0 Å². The zero-order valence-corrected chi connectivity index (χ0v) is 17.9. The van der Waals surface area contributed by atoms with Crippen molar-refractivity contribution >= 4 is 35.2 Å². The number of ether oxygens (including phenoxy) is 1. The van der Waals surface area contributed by atoms with E-state index in [-0.39, 0.29) is 5.91 Å². The summed E-state index contributed by atoms with van der Waals surface area (Å²) in [6, 6.07) is 15.4. The van der Waals surface area contributed by atoms with Crippen molar-refractivity contribution in [3.8, 4) is 5.75 Å². The largest absolute Gasteiger partial charge is 0.492 e. The van der Waals surface area contributed by atoms with Crippen molar-refractivity contribution in [2.75, 3.05) is 39.3 Å². The number of hydrogen-bond acceptors (Lipinski definition) is 3. The van der Waals surface area contributed by atoms with E-state index in [2.05, 4.69) is 29.2 Å². The van der Waals surface area contributed by atoms with Crippen molar-refractivity contribution in [2.45, 2.75) is 12.8 Å². The lowest BCUT2D eigenvalue weighted by molar-refractivity contribution is -0.133. The number of halogens is 2. The topological polar surface area (TPSA) is 32.8 Å². The molecular formula is C23H26Cl2N2O2. The molecule has 29 heavy (non-hydrogen) atoms. The van der Waals surface area contributed by atoms with Crippen LogP contribution in [-0.4, -0.2) is 55.0 Å². The summed E-state index contributed by atoms with van der Waals surface area (Å²) in [5, 5.41) is 1.06. The SMILES string of the molecule is O=C(CCCOc1ccc(Cl)cc1Cl)N1CCN(CC=Cc2ccccc2)CC1. The predicted molar refractivity (Wildman–Crippen MR) is 120 cm³/mol. The Hall–Kier alpha value is -2.01. The van der Waals surface area contributed by atoms with E-state index in [4.69, 9.17) is 27.9 Å². The maximum Gasteiger partial charge on any atom is 0.222 e. The minimum atomic E-state index is 0.190. The summed E-state index contributed by atoms with van der Waals surface area (Å²) in [6.45, 7) is 4.73. The molecule has 1 aliphatic heterocycles. The van der Waals surface area contributed by atoms with Crippen molar-refractivity contribution in [2.24, 2.45) is 0 Å². The van der Waals surface area contributed by atoms with Gasteiger partial charge in [0.25, 0.3) is 0 Å². The summed E-state index contributed by atoms with van der Waals surface area (Å²) in [5.41, 5.74) is 1.21. The van der Waals surface area contributed by atoms with Gasteiger partial charge in [0.2, 0.25) is 5.91 Å². The Morgan fingerprint density at radius 2 is 1.79 bits per heavy atom. The first-order chi connectivity index (χ1) is 14.1. The molecule has 0 aliphatic carbocycles. The number of hydrogen-bond donors (Lipinski definition) is 0. The maximum absolute atomic E-state index is 12.4. The Bertz CT molecular complexity index is 819. The first-order valence-electron chi connectivity index (χ1n) is 9.91. The van der Waals surface area contributed by atoms with Crippen LogP contribution in [0, 0.1) is 0 Å². The van der Waals surface area contributed by atoms with E-state index < -0.39 is 0 Å². The molecule has 154 valence electrons. The lowest BCUT2D eigenvalue weighted by Gasteiger charge is -2.34. The number of rotatable bonds is 8. The molecule has 0 bridgehead atoms. The van der Waals surface area contributed by atoms with Gasteiger partial charge in [-0.1, -0.05) is 65.7 Å². The van der Waals surface area contributed by atoms with Gasteiger partial charge < -0.3 is 9.64 Å². The summed E-state index contributed by atoms with van der Waals surface area (Å²) >= 11 is 12.0. The van der Waals surface area contributed by atoms with Crippen molar-refractivity contribution in [3.05, 3.63) is 70.2 Å². The summed E-state index contributed by atoms with van der Waals surface area (Å²) < 4.78 is 5.65.